The van der Waals surface area contributed by atoms with Crippen molar-refractivity contribution in [3.63, 3.8) is 0 Å². The molecule has 0 bridgehead atoms. The van der Waals surface area contributed by atoms with Crippen LogP contribution in [-0.2, 0) is 26.7 Å². The van der Waals surface area contributed by atoms with Crippen LogP contribution >= 0.6 is 0 Å². The molecule has 0 aliphatic heterocycles. The number of carbonyl (C=O) groups is 1. The van der Waals surface area contributed by atoms with Crippen LogP contribution in [-0.4, -0.2) is 20.4 Å². The molecule has 31 heavy (non-hydrogen) atoms. The summed E-state index contributed by atoms with van der Waals surface area (Å²) in [5, 5.41) is 3.22. The number of nitrogens with one attached hydrogen (secondary N) is 2. The Morgan fingerprint density at radius 2 is 1.61 bits per heavy atom. The van der Waals surface area contributed by atoms with Gasteiger partial charge in [0.25, 0.3) is 10.0 Å². The van der Waals surface area contributed by atoms with Gasteiger partial charge in [-0.2, -0.15) is 0 Å². The van der Waals surface area contributed by atoms with E-state index in [1.807, 2.05) is 24.3 Å². The van der Waals surface area contributed by atoms with E-state index >= 15 is 0 Å². The molecule has 0 atom stereocenters. The minimum absolute atomic E-state index is 0.120. The van der Waals surface area contributed by atoms with Crippen LogP contribution in [0.4, 0.5) is 5.69 Å². The van der Waals surface area contributed by atoms with Crippen LogP contribution in [0.25, 0.3) is 0 Å². The standard InChI is InChI=1S/C25H32N2O3S/c1-18(2)17-19-7-13-23(14-8-19)31(29,30)27-22-11-9-20(10-12-22)25(15-16-25)24(28)26-21-5-3-4-6-21/h7-14,18,21,27H,3-6,15-17H2,1-2H3,(H,26,28). The maximum Gasteiger partial charge on any atom is 0.261 e. The van der Waals surface area contributed by atoms with Crippen molar-refractivity contribution in [1.82, 2.24) is 5.32 Å². The van der Waals surface area contributed by atoms with Crippen molar-refractivity contribution in [2.45, 2.75) is 75.1 Å². The fraction of sp³-hybridized carbons (Fsp3) is 0.480. The van der Waals surface area contributed by atoms with E-state index in [4.69, 9.17) is 0 Å². The van der Waals surface area contributed by atoms with Crippen molar-refractivity contribution in [2.24, 2.45) is 5.92 Å². The summed E-state index contributed by atoms with van der Waals surface area (Å²) in [5.74, 6) is 0.642. The first-order valence-electron chi connectivity index (χ1n) is 11.3. The Hall–Kier alpha value is -2.34. The molecular formula is C25H32N2O3S. The number of rotatable bonds is 8. The zero-order valence-electron chi connectivity index (χ0n) is 18.4. The number of hydrogen-bond donors (Lipinski definition) is 2. The van der Waals surface area contributed by atoms with Crippen molar-refractivity contribution in [2.75, 3.05) is 4.72 Å². The average molecular weight is 441 g/mol. The minimum Gasteiger partial charge on any atom is -0.353 e. The minimum atomic E-state index is -3.65. The van der Waals surface area contributed by atoms with Crippen molar-refractivity contribution >= 4 is 21.6 Å². The van der Waals surface area contributed by atoms with Gasteiger partial charge in [0.05, 0.1) is 10.3 Å². The Kier molecular flexibility index (Phi) is 6.11. The van der Waals surface area contributed by atoms with Crippen molar-refractivity contribution < 1.29 is 13.2 Å². The van der Waals surface area contributed by atoms with Gasteiger partial charge < -0.3 is 5.32 Å². The second-order valence-corrected chi connectivity index (χ2v) is 11.1. The summed E-state index contributed by atoms with van der Waals surface area (Å²) < 4.78 is 28.2. The van der Waals surface area contributed by atoms with Crippen molar-refractivity contribution in [3.05, 3.63) is 59.7 Å². The van der Waals surface area contributed by atoms with E-state index in [9.17, 15) is 13.2 Å². The fourth-order valence-electron chi connectivity index (χ4n) is 4.51. The second kappa shape index (κ2) is 8.65. The predicted molar refractivity (Wildman–Crippen MR) is 124 cm³/mol. The van der Waals surface area contributed by atoms with Crippen LogP contribution in [0, 0.1) is 5.92 Å². The van der Waals surface area contributed by atoms with E-state index in [-0.39, 0.29) is 10.8 Å². The van der Waals surface area contributed by atoms with Crippen molar-refractivity contribution in [1.29, 1.82) is 0 Å². The summed E-state index contributed by atoms with van der Waals surface area (Å²) in [4.78, 5) is 13.1. The molecule has 2 saturated carbocycles. The molecular weight excluding hydrogens is 408 g/mol. The summed E-state index contributed by atoms with van der Waals surface area (Å²) in [6.45, 7) is 4.28. The second-order valence-electron chi connectivity index (χ2n) is 9.46. The SMILES string of the molecule is CC(C)Cc1ccc(S(=O)(=O)Nc2ccc(C3(C(=O)NC4CCCC4)CC3)cc2)cc1. The van der Waals surface area contributed by atoms with Gasteiger partial charge in [0.1, 0.15) is 0 Å². The lowest BCUT2D eigenvalue weighted by Crippen LogP contribution is -2.40. The van der Waals surface area contributed by atoms with E-state index in [0.29, 0.717) is 17.6 Å². The maximum absolute atomic E-state index is 12.9. The third kappa shape index (κ3) is 4.95. The van der Waals surface area contributed by atoms with Gasteiger partial charge in [0.2, 0.25) is 5.91 Å². The molecule has 0 spiro atoms. The Morgan fingerprint density at radius 3 is 2.16 bits per heavy atom. The number of anilines is 1. The summed E-state index contributed by atoms with van der Waals surface area (Å²) >= 11 is 0. The van der Waals surface area contributed by atoms with Crippen LogP contribution in [0.15, 0.2) is 53.4 Å². The Bertz CT molecular complexity index is 1020. The topological polar surface area (TPSA) is 75.3 Å². The van der Waals surface area contributed by atoms with E-state index in [0.717, 1.165) is 43.2 Å². The highest BCUT2D eigenvalue weighted by Gasteiger charge is 2.51. The number of carbonyl (C=O) groups excluding carboxylic acids is 1. The zero-order chi connectivity index (χ0) is 22.1. The van der Waals surface area contributed by atoms with Crippen LogP contribution in [0.5, 0.6) is 0 Å². The molecule has 0 aromatic heterocycles. The molecule has 2 aliphatic rings. The average Bonchev–Trinajstić information content (AvgIpc) is 3.39. The third-order valence-corrected chi connectivity index (χ3v) is 7.84. The van der Waals surface area contributed by atoms with Crippen molar-refractivity contribution in [3.8, 4) is 0 Å². The van der Waals surface area contributed by atoms with Gasteiger partial charge in [-0.1, -0.05) is 51.0 Å². The molecule has 2 aromatic rings. The first kappa shape index (κ1) is 21.9. The molecule has 4 rings (SSSR count). The monoisotopic (exact) mass is 440 g/mol. The molecule has 2 N–H and O–H groups in total. The number of sulfonamides is 1. The Labute approximate surface area is 185 Å². The summed E-state index contributed by atoms with van der Waals surface area (Å²) in [7, 11) is -3.65. The molecule has 2 aliphatic carbocycles. The van der Waals surface area contributed by atoms with Crippen LogP contribution in [0.1, 0.15) is 63.5 Å². The highest BCUT2D eigenvalue weighted by molar-refractivity contribution is 7.92. The van der Waals surface area contributed by atoms with Gasteiger partial charge in [-0.25, -0.2) is 8.42 Å². The zero-order valence-corrected chi connectivity index (χ0v) is 19.2. The quantitative estimate of drug-likeness (QED) is 0.620. The smallest absolute Gasteiger partial charge is 0.261 e. The summed E-state index contributed by atoms with van der Waals surface area (Å²) in [5.41, 5.74) is 2.15. The molecule has 2 aromatic carbocycles. The van der Waals surface area contributed by atoms with Gasteiger partial charge in [-0.15, -0.1) is 0 Å². The van der Waals surface area contributed by atoms with Gasteiger partial charge >= 0.3 is 0 Å². The van der Waals surface area contributed by atoms with E-state index in [2.05, 4.69) is 23.9 Å². The maximum atomic E-state index is 12.9. The first-order chi connectivity index (χ1) is 14.8. The molecule has 2 fully saturated rings. The van der Waals surface area contributed by atoms with Crippen LogP contribution < -0.4 is 10.0 Å². The lowest BCUT2D eigenvalue weighted by Gasteiger charge is -2.20. The first-order valence-corrected chi connectivity index (χ1v) is 12.8. The summed E-state index contributed by atoms with van der Waals surface area (Å²) in [6, 6.07) is 14.6. The van der Waals surface area contributed by atoms with Gasteiger partial charge in [-0.3, -0.25) is 9.52 Å². The number of hydrogen-bond acceptors (Lipinski definition) is 3. The molecule has 5 nitrogen and oxygen atoms in total. The highest BCUT2D eigenvalue weighted by atomic mass is 32.2. The number of amides is 1. The van der Waals surface area contributed by atoms with E-state index < -0.39 is 15.4 Å². The van der Waals surface area contributed by atoms with Crippen LogP contribution in [0.3, 0.4) is 0 Å². The van der Waals surface area contributed by atoms with Gasteiger partial charge in [0.15, 0.2) is 0 Å². The van der Waals surface area contributed by atoms with E-state index in [1.54, 1.807) is 24.3 Å². The van der Waals surface area contributed by atoms with Gasteiger partial charge in [0, 0.05) is 11.7 Å². The Morgan fingerprint density at radius 1 is 1.00 bits per heavy atom. The normalized spacial score (nSPS) is 18.2. The summed E-state index contributed by atoms with van der Waals surface area (Å²) in [6.07, 6.45) is 7.13. The lowest BCUT2D eigenvalue weighted by molar-refractivity contribution is -0.124. The van der Waals surface area contributed by atoms with Crippen LogP contribution in [0.2, 0.25) is 0 Å². The predicted octanol–water partition coefficient (Wildman–Crippen LogP) is 4.78. The molecule has 6 heteroatoms. The highest BCUT2D eigenvalue weighted by Crippen LogP contribution is 2.49. The molecule has 0 heterocycles. The van der Waals surface area contributed by atoms with E-state index in [1.165, 1.54) is 12.8 Å². The molecule has 0 radical (unpaired) electrons. The third-order valence-electron chi connectivity index (χ3n) is 6.44. The molecule has 166 valence electrons. The van der Waals surface area contributed by atoms with Gasteiger partial charge in [-0.05, 0) is 73.4 Å². The number of benzene rings is 2. The molecule has 1 amide bonds. The fourth-order valence-corrected chi connectivity index (χ4v) is 5.57. The largest absolute Gasteiger partial charge is 0.353 e. The molecule has 0 unspecified atom stereocenters. The molecule has 0 saturated heterocycles. The lowest BCUT2D eigenvalue weighted by atomic mass is 9.94. The Balaban J connectivity index is 1.42.